The van der Waals surface area contributed by atoms with Crippen molar-refractivity contribution in [1.29, 1.82) is 0 Å². The molecule has 0 bridgehead atoms. The highest BCUT2D eigenvalue weighted by Crippen LogP contribution is 2.38. The molecule has 0 aromatic rings. The Morgan fingerprint density at radius 2 is 2.05 bits per heavy atom. The summed E-state index contributed by atoms with van der Waals surface area (Å²) in [4.78, 5) is 12.9. The molecule has 0 spiro atoms. The van der Waals surface area contributed by atoms with Gasteiger partial charge in [0.05, 0.1) is 0 Å². The van der Waals surface area contributed by atoms with Crippen molar-refractivity contribution in [3.8, 4) is 0 Å². The van der Waals surface area contributed by atoms with Gasteiger partial charge in [-0.25, -0.2) is 0 Å². The molecule has 0 aliphatic heterocycles. The molecule has 19 heavy (non-hydrogen) atoms. The van der Waals surface area contributed by atoms with Crippen LogP contribution in [0, 0.1) is 5.92 Å². The summed E-state index contributed by atoms with van der Waals surface area (Å²) >= 11 is 0. The smallest absolute Gasteiger partial charge is 0.190 e. The van der Waals surface area contributed by atoms with Gasteiger partial charge in [0.25, 0.3) is 0 Å². The third-order valence-corrected chi connectivity index (χ3v) is 4.84. The molecule has 2 heteroatoms. The summed E-state index contributed by atoms with van der Waals surface area (Å²) in [6, 6.07) is 0. The molecule has 2 atom stereocenters. The normalized spacial score (nSPS) is 33.2. The van der Waals surface area contributed by atoms with Gasteiger partial charge in [-0.3, -0.25) is 4.79 Å². The van der Waals surface area contributed by atoms with Crippen LogP contribution < -0.4 is 0 Å². The predicted molar refractivity (Wildman–Crippen MR) is 78.2 cm³/mol. The van der Waals surface area contributed by atoms with Gasteiger partial charge in [-0.1, -0.05) is 32.3 Å². The number of carbonyl (C=O) groups excluding carboxylic acids is 1. The number of ether oxygens (including phenoxy) is 1. The Morgan fingerprint density at radius 3 is 2.79 bits per heavy atom. The van der Waals surface area contributed by atoms with Crippen molar-refractivity contribution < 1.29 is 9.53 Å². The number of rotatable bonds is 3. The lowest BCUT2D eigenvalue weighted by Gasteiger charge is -2.38. The van der Waals surface area contributed by atoms with E-state index in [0.717, 1.165) is 44.1 Å². The molecule has 1 saturated carbocycles. The van der Waals surface area contributed by atoms with Crippen LogP contribution in [0.25, 0.3) is 0 Å². The van der Waals surface area contributed by atoms with Gasteiger partial charge in [0.2, 0.25) is 0 Å². The Balaban J connectivity index is 2.14. The summed E-state index contributed by atoms with van der Waals surface area (Å²) < 4.78 is 5.75. The van der Waals surface area contributed by atoms with Gasteiger partial charge >= 0.3 is 0 Å². The number of carbonyl (C=O) groups is 1. The fourth-order valence-electron chi connectivity index (χ4n) is 3.68. The van der Waals surface area contributed by atoms with Crippen molar-refractivity contribution >= 4 is 5.78 Å². The molecule has 2 aliphatic carbocycles. The molecule has 0 heterocycles. The van der Waals surface area contributed by atoms with E-state index in [1.165, 1.54) is 25.7 Å². The quantitative estimate of drug-likeness (QED) is 0.753. The molecular formula is C17H28O2. The highest BCUT2D eigenvalue weighted by Gasteiger charge is 2.42. The number of ketones is 1. The topological polar surface area (TPSA) is 26.3 Å². The Kier molecular flexibility index (Phi) is 5.20. The summed E-state index contributed by atoms with van der Waals surface area (Å²) in [7, 11) is 1.72. The average molecular weight is 264 g/mol. The molecule has 108 valence electrons. The van der Waals surface area contributed by atoms with Crippen LogP contribution in [0.3, 0.4) is 0 Å². The third kappa shape index (κ3) is 3.47. The van der Waals surface area contributed by atoms with Crippen LogP contribution in [0.4, 0.5) is 0 Å². The molecule has 2 nitrogen and oxygen atoms in total. The molecule has 0 radical (unpaired) electrons. The minimum absolute atomic E-state index is 0.295. The van der Waals surface area contributed by atoms with Crippen molar-refractivity contribution in [2.24, 2.45) is 5.92 Å². The lowest BCUT2D eigenvalue weighted by atomic mass is 9.74. The maximum Gasteiger partial charge on any atom is 0.190 e. The lowest BCUT2D eigenvalue weighted by molar-refractivity contribution is -0.143. The first-order valence-corrected chi connectivity index (χ1v) is 7.97. The van der Waals surface area contributed by atoms with E-state index in [1.54, 1.807) is 7.11 Å². The zero-order valence-electron chi connectivity index (χ0n) is 12.5. The van der Waals surface area contributed by atoms with Gasteiger partial charge < -0.3 is 4.74 Å². The molecule has 1 fully saturated rings. The van der Waals surface area contributed by atoms with E-state index in [0.29, 0.717) is 11.7 Å². The second kappa shape index (κ2) is 6.69. The van der Waals surface area contributed by atoms with Crippen LogP contribution in [0.2, 0.25) is 0 Å². The van der Waals surface area contributed by atoms with Gasteiger partial charge in [0.15, 0.2) is 5.78 Å². The van der Waals surface area contributed by atoms with Crippen molar-refractivity contribution in [3.05, 3.63) is 11.6 Å². The van der Waals surface area contributed by atoms with Gasteiger partial charge in [-0.15, -0.1) is 0 Å². The van der Waals surface area contributed by atoms with Gasteiger partial charge in [0.1, 0.15) is 5.60 Å². The zero-order valence-corrected chi connectivity index (χ0v) is 12.5. The summed E-state index contributed by atoms with van der Waals surface area (Å²) in [5, 5.41) is 0. The van der Waals surface area contributed by atoms with Crippen LogP contribution >= 0.6 is 0 Å². The van der Waals surface area contributed by atoms with Crippen LogP contribution in [-0.2, 0) is 9.53 Å². The minimum Gasteiger partial charge on any atom is -0.370 e. The van der Waals surface area contributed by atoms with Crippen molar-refractivity contribution in [3.63, 3.8) is 0 Å². The first kappa shape index (κ1) is 14.8. The Hall–Kier alpha value is -0.630. The van der Waals surface area contributed by atoms with Crippen molar-refractivity contribution in [2.45, 2.75) is 76.7 Å². The molecule has 2 unspecified atom stereocenters. The highest BCUT2D eigenvalue weighted by atomic mass is 16.5. The van der Waals surface area contributed by atoms with E-state index < -0.39 is 5.60 Å². The van der Waals surface area contributed by atoms with Crippen LogP contribution in [-0.4, -0.2) is 18.5 Å². The second-order valence-corrected chi connectivity index (χ2v) is 6.41. The molecule has 0 amide bonds. The Morgan fingerprint density at radius 1 is 1.26 bits per heavy atom. The van der Waals surface area contributed by atoms with E-state index >= 15 is 0 Å². The van der Waals surface area contributed by atoms with Gasteiger partial charge in [0, 0.05) is 7.11 Å². The van der Waals surface area contributed by atoms with Gasteiger partial charge in [-0.05, 0) is 56.4 Å². The van der Waals surface area contributed by atoms with Crippen LogP contribution in [0.5, 0.6) is 0 Å². The number of Topliss-reactive ketones (excluding diaryl/α,β-unsaturated/α-hetero) is 1. The van der Waals surface area contributed by atoms with E-state index in [2.05, 4.69) is 13.0 Å². The number of allylic oxidation sites excluding steroid dienone is 1. The number of hydrogen-bond acceptors (Lipinski definition) is 2. The Bertz CT molecular complexity index is 345. The molecule has 2 rings (SSSR count). The van der Waals surface area contributed by atoms with E-state index in [9.17, 15) is 4.79 Å². The molecule has 2 aliphatic rings. The SMILES string of the molecule is COC1(C(=O)C2=CCCCCCC2)CCCC(C)C1. The summed E-state index contributed by atoms with van der Waals surface area (Å²) in [5.74, 6) is 0.898. The average Bonchev–Trinajstić information content (AvgIpc) is 2.37. The first-order valence-electron chi connectivity index (χ1n) is 7.97. The van der Waals surface area contributed by atoms with Crippen molar-refractivity contribution in [1.82, 2.24) is 0 Å². The number of methoxy groups -OCH3 is 1. The van der Waals surface area contributed by atoms with E-state index in [4.69, 9.17) is 4.74 Å². The van der Waals surface area contributed by atoms with Crippen LogP contribution in [0.15, 0.2) is 11.6 Å². The standard InChI is InChI=1S/C17H28O2/c1-14-9-8-12-17(13-14,19-2)16(18)15-10-6-4-3-5-7-11-15/h10,14H,3-9,11-13H2,1-2H3. The largest absolute Gasteiger partial charge is 0.370 e. The first-order chi connectivity index (χ1) is 9.18. The molecule has 0 saturated heterocycles. The maximum atomic E-state index is 12.9. The molecular weight excluding hydrogens is 236 g/mol. The third-order valence-electron chi connectivity index (χ3n) is 4.84. The lowest BCUT2D eigenvalue weighted by Crippen LogP contribution is -2.45. The fourth-order valence-corrected chi connectivity index (χ4v) is 3.68. The monoisotopic (exact) mass is 264 g/mol. The maximum absolute atomic E-state index is 12.9. The Labute approximate surface area is 117 Å². The minimum atomic E-state index is -0.511. The van der Waals surface area contributed by atoms with E-state index in [-0.39, 0.29) is 0 Å². The molecule has 0 N–H and O–H groups in total. The van der Waals surface area contributed by atoms with E-state index in [1.807, 2.05) is 0 Å². The van der Waals surface area contributed by atoms with Gasteiger partial charge in [-0.2, -0.15) is 0 Å². The summed E-state index contributed by atoms with van der Waals surface area (Å²) in [6.07, 6.45) is 13.3. The highest BCUT2D eigenvalue weighted by molar-refractivity contribution is 6.02. The van der Waals surface area contributed by atoms with Crippen molar-refractivity contribution in [2.75, 3.05) is 7.11 Å². The molecule has 0 aromatic heterocycles. The summed E-state index contributed by atoms with van der Waals surface area (Å²) in [5.41, 5.74) is 0.540. The fraction of sp³-hybridized carbons (Fsp3) is 0.824. The zero-order chi connectivity index (χ0) is 13.7. The predicted octanol–water partition coefficient (Wildman–Crippen LogP) is 4.43. The summed E-state index contributed by atoms with van der Waals surface area (Å²) in [6.45, 7) is 2.24. The molecule has 0 aromatic carbocycles. The number of hydrogen-bond donors (Lipinski definition) is 0. The van der Waals surface area contributed by atoms with Crippen LogP contribution in [0.1, 0.15) is 71.1 Å². The second-order valence-electron chi connectivity index (χ2n) is 6.41.